The second-order valence-electron chi connectivity index (χ2n) is 3.01. The Kier molecular flexibility index (Phi) is 3.10. The fourth-order valence-electron chi connectivity index (χ4n) is 1.21. The smallest absolute Gasteiger partial charge is 0.320 e. The van der Waals surface area contributed by atoms with E-state index >= 15 is 0 Å². The molecule has 0 aliphatic rings. The number of rotatable bonds is 4. The molecule has 4 heteroatoms. The van der Waals surface area contributed by atoms with Gasteiger partial charge in [-0.1, -0.05) is 24.3 Å². The third-order valence-corrected chi connectivity index (χ3v) is 1.99. The molecule has 0 aliphatic carbocycles. The van der Waals surface area contributed by atoms with E-state index in [0.29, 0.717) is 5.56 Å². The summed E-state index contributed by atoms with van der Waals surface area (Å²) in [6, 6.07) is 6.04. The predicted molar refractivity (Wildman–Crippen MR) is 53.6 cm³/mol. The van der Waals surface area contributed by atoms with Crippen LogP contribution >= 0.6 is 0 Å². The van der Waals surface area contributed by atoms with Crippen LogP contribution in [-0.2, 0) is 17.7 Å². The van der Waals surface area contributed by atoms with E-state index in [0.717, 1.165) is 5.56 Å². The van der Waals surface area contributed by atoms with E-state index in [4.69, 9.17) is 17.9 Å². The van der Waals surface area contributed by atoms with E-state index in [1.54, 1.807) is 24.3 Å². The summed E-state index contributed by atoms with van der Waals surface area (Å²) in [5.41, 5.74) is 12.2. The first-order valence-electron chi connectivity index (χ1n) is 4.84. The average molecular weight is 195 g/mol. The SMILES string of the molecule is [2H]C(N)c1ccccc1C[C@H](N)C(=O)O. The van der Waals surface area contributed by atoms with Gasteiger partial charge < -0.3 is 16.6 Å². The van der Waals surface area contributed by atoms with Gasteiger partial charge in [-0.15, -0.1) is 0 Å². The highest BCUT2D eigenvalue weighted by Crippen LogP contribution is 2.09. The van der Waals surface area contributed by atoms with E-state index in [-0.39, 0.29) is 6.42 Å². The van der Waals surface area contributed by atoms with Crippen molar-refractivity contribution in [1.29, 1.82) is 0 Å². The number of carbonyl (C=O) groups is 1. The quantitative estimate of drug-likeness (QED) is 0.635. The van der Waals surface area contributed by atoms with Crippen LogP contribution in [0.5, 0.6) is 0 Å². The highest BCUT2D eigenvalue weighted by Gasteiger charge is 2.13. The van der Waals surface area contributed by atoms with Crippen molar-refractivity contribution in [2.75, 3.05) is 0 Å². The third-order valence-electron chi connectivity index (χ3n) is 1.99. The maximum atomic E-state index is 10.6. The molecule has 0 heterocycles. The molecule has 1 unspecified atom stereocenters. The van der Waals surface area contributed by atoms with Crippen molar-refractivity contribution in [1.82, 2.24) is 0 Å². The van der Waals surface area contributed by atoms with Gasteiger partial charge >= 0.3 is 5.97 Å². The van der Waals surface area contributed by atoms with Crippen molar-refractivity contribution < 1.29 is 11.3 Å². The molecule has 5 N–H and O–H groups in total. The van der Waals surface area contributed by atoms with Gasteiger partial charge in [-0.25, -0.2) is 0 Å². The maximum Gasteiger partial charge on any atom is 0.320 e. The van der Waals surface area contributed by atoms with Crippen LogP contribution in [0.4, 0.5) is 0 Å². The van der Waals surface area contributed by atoms with Gasteiger partial charge in [-0.2, -0.15) is 0 Å². The molecule has 4 nitrogen and oxygen atoms in total. The van der Waals surface area contributed by atoms with Gasteiger partial charge in [0.05, 0.1) is 0 Å². The summed E-state index contributed by atoms with van der Waals surface area (Å²) < 4.78 is 7.40. The Balaban J connectivity index is 2.89. The van der Waals surface area contributed by atoms with Crippen LogP contribution in [0.25, 0.3) is 0 Å². The molecule has 1 aromatic carbocycles. The number of carboxylic acids is 1. The van der Waals surface area contributed by atoms with Gasteiger partial charge in [0.25, 0.3) is 0 Å². The minimum Gasteiger partial charge on any atom is -0.480 e. The molecule has 1 rings (SSSR count). The lowest BCUT2D eigenvalue weighted by molar-refractivity contribution is -0.138. The normalized spacial score (nSPS) is 15.7. The molecule has 14 heavy (non-hydrogen) atoms. The molecule has 0 aliphatic heterocycles. The Bertz CT molecular complexity index is 355. The predicted octanol–water partition coefficient (Wildman–Crippen LogP) is 0.0997. The van der Waals surface area contributed by atoms with Crippen molar-refractivity contribution in [2.24, 2.45) is 11.5 Å². The van der Waals surface area contributed by atoms with Crippen LogP contribution in [0.1, 0.15) is 12.5 Å². The molecule has 0 saturated heterocycles. The molecule has 0 radical (unpaired) electrons. The standard InChI is InChI=1S/C10H14N2O2/c11-6-8-4-2-1-3-7(8)5-9(12)10(13)14/h1-4,9H,5-6,11-12H2,(H,13,14)/t9-/m0/s1/i6D/t6?,9-. The van der Waals surface area contributed by atoms with E-state index in [2.05, 4.69) is 0 Å². The zero-order valence-corrected chi connectivity index (χ0v) is 7.68. The van der Waals surface area contributed by atoms with E-state index in [1.807, 2.05) is 0 Å². The van der Waals surface area contributed by atoms with Crippen LogP contribution in [0.15, 0.2) is 24.3 Å². The summed E-state index contributed by atoms with van der Waals surface area (Å²) in [7, 11) is 0. The summed E-state index contributed by atoms with van der Waals surface area (Å²) in [6.45, 7) is -0.859. The minimum absolute atomic E-state index is 0.193. The molecule has 0 saturated carbocycles. The number of nitrogens with two attached hydrogens (primary N) is 2. The summed E-state index contributed by atoms with van der Waals surface area (Å²) in [5, 5.41) is 8.67. The van der Waals surface area contributed by atoms with E-state index in [9.17, 15) is 4.79 Å². The van der Waals surface area contributed by atoms with Gasteiger partial charge in [-0.05, 0) is 17.5 Å². The molecular formula is C10H14N2O2. The van der Waals surface area contributed by atoms with Crippen LogP contribution < -0.4 is 11.5 Å². The first-order valence-corrected chi connectivity index (χ1v) is 4.26. The van der Waals surface area contributed by atoms with Crippen LogP contribution in [0.2, 0.25) is 0 Å². The summed E-state index contributed by atoms with van der Waals surface area (Å²) in [4.78, 5) is 10.6. The van der Waals surface area contributed by atoms with Crippen molar-refractivity contribution in [3.63, 3.8) is 0 Å². The zero-order chi connectivity index (χ0) is 11.4. The van der Waals surface area contributed by atoms with Gasteiger partial charge in [-0.3, -0.25) is 4.79 Å². The first kappa shape index (κ1) is 9.18. The topological polar surface area (TPSA) is 89.3 Å². The second kappa shape index (κ2) is 4.74. The van der Waals surface area contributed by atoms with Crippen molar-refractivity contribution in [3.05, 3.63) is 35.4 Å². The maximum absolute atomic E-state index is 10.6. The fraction of sp³-hybridized carbons (Fsp3) is 0.300. The Morgan fingerprint density at radius 2 is 2.07 bits per heavy atom. The summed E-state index contributed by atoms with van der Waals surface area (Å²) in [5.74, 6) is -1.05. The highest BCUT2D eigenvalue weighted by molar-refractivity contribution is 5.73. The van der Waals surface area contributed by atoms with Gasteiger partial charge in [0.1, 0.15) is 6.04 Å². The number of aliphatic carboxylic acids is 1. The minimum atomic E-state index is -1.05. The molecule has 2 atom stereocenters. The molecule has 0 aromatic heterocycles. The van der Waals surface area contributed by atoms with Crippen LogP contribution in [0.3, 0.4) is 0 Å². The summed E-state index contributed by atoms with van der Waals surface area (Å²) >= 11 is 0. The second-order valence-corrected chi connectivity index (χ2v) is 3.01. The van der Waals surface area contributed by atoms with Crippen molar-refractivity contribution in [2.45, 2.75) is 19.0 Å². The third kappa shape index (κ3) is 2.55. The summed E-state index contributed by atoms with van der Waals surface area (Å²) in [6.07, 6.45) is 0.193. The Hall–Kier alpha value is -1.39. The monoisotopic (exact) mass is 195 g/mol. The van der Waals surface area contributed by atoms with Gasteiger partial charge in [0.15, 0.2) is 0 Å². The number of hydrogen-bond donors (Lipinski definition) is 3. The lowest BCUT2D eigenvalue weighted by atomic mass is 10.0. The Morgan fingerprint density at radius 1 is 1.50 bits per heavy atom. The lowest BCUT2D eigenvalue weighted by Gasteiger charge is -2.10. The van der Waals surface area contributed by atoms with Gasteiger partial charge in [0.2, 0.25) is 0 Å². The van der Waals surface area contributed by atoms with Gasteiger partial charge in [0, 0.05) is 7.89 Å². The molecule has 1 aromatic rings. The van der Waals surface area contributed by atoms with Crippen LogP contribution in [-0.4, -0.2) is 17.1 Å². The van der Waals surface area contributed by atoms with Crippen molar-refractivity contribution in [3.8, 4) is 0 Å². The molecule has 0 spiro atoms. The zero-order valence-electron chi connectivity index (χ0n) is 8.68. The molecule has 0 fully saturated rings. The lowest BCUT2D eigenvalue weighted by Crippen LogP contribution is -2.32. The Labute approximate surface area is 83.9 Å². The molecule has 0 bridgehead atoms. The Morgan fingerprint density at radius 3 is 2.57 bits per heavy atom. The average Bonchev–Trinajstić information content (AvgIpc) is 2.18. The van der Waals surface area contributed by atoms with E-state index in [1.165, 1.54) is 0 Å². The first-order chi connectivity index (χ1) is 7.02. The number of hydrogen-bond acceptors (Lipinski definition) is 3. The highest BCUT2D eigenvalue weighted by atomic mass is 16.4. The van der Waals surface area contributed by atoms with Crippen molar-refractivity contribution >= 4 is 5.97 Å². The number of carboxylic acid groups (broad SMARTS) is 1. The molecular weight excluding hydrogens is 180 g/mol. The largest absolute Gasteiger partial charge is 0.480 e. The number of benzene rings is 1. The van der Waals surface area contributed by atoms with E-state index < -0.39 is 18.5 Å². The van der Waals surface area contributed by atoms with Crippen LogP contribution in [0, 0.1) is 0 Å². The fourth-order valence-corrected chi connectivity index (χ4v) is 1.21. The molecule has 76 valence electrons. The molecule has 0 amide bonds.